The summed E-state index contributed by atoms with van der Waals surface area (Å²) >= 11 is 6.77. The zero-order valence-corrected chi connectivity index (χ0v) is 14.6. The SMILES string of the molecule is CCn1cc(C=C2SC(=S)N(C(C)c3ccccc3)C2=O)cn1. The van der Waals surface area contributed by atoms with Crippen LogP contribution in [0.4, 0.5) is 0 Å². The number of hydrogen-bond acceptors (Lipinski definition) is 4. The predicted molar refractivity (Wildman–Crippen MR) is 97.8 cm³/mol. The molecule has 6 heteroatoms. The lowest BCUT2D eigenvalue weighted by Crippen LogP contribution is -2.30. The molecule has 1 unspecified atom stereocenters. The predicted octanol–water partition coefficient (Wildman–Crippen LogP) is 3.87. The highest BCUT2D eigenvalue weighted by Crippen LogP contribution is 2.37. The molecule has 3 rings (SSSR count). The second kappa shape index (κ2) is 6.68. The van der Waals surface area contributed by atoms with Gasteiger partial charge in [-0.25, -0.2) is 0 Å². The lowest BCUT2D eigenvalue weighted by Gasteiger charge is -2.23. The molecular weight excluding hydrogens is 326 g/mol. The van der Waals surface area contributed by atoms with Crippen molar-refractivity contribution in [1.29, 1.82) is 0 Å². The quantitative estimate of drug-likeness (QED) is 0.624. The van der Waals surface area contributed by atoms with Crippen molar-refractivity contribution in [3.63, 3.8) is 0 Å². The summed E-state index contributed by atoms with van der Waals surface area (Å²) in [5.41, 5.74) is 1.99. The molecule has 1 fully saturated rings. The second-order valence-electron chi connectivity index (χ2n) is 5.27. The van der Waals surface area contributed by atoms with Crippen molar-refractivity contribution >= 4 is 40.3 Å². The first-order valence-electron chi connectivity index (χ1n) is 7.44. The molecule has 1 amide bonds. The normalized spacial score (nSPS) is 18.0. The molecule has 1 aromatic carbocycles. The third kappa shape index (κ3) is 3.23. The fourth-order valence-corrected chi connectivity index (χ4v) is 3.89. The average molecular weight is 343 g/mol. The molecule has 118 valence electrons. The van der Waals surface area contributed by atoms with E-state index >= 15 is 0 Å². The number of aryl methyl sites for hydroxylation is 1. The highest BCUT2D eigenvalue weighted by atomic mass is 32.2. The summed E-state index contributed by atoms with van der Waals surface area (Å²) in [6.45, 7) is 4.83. The molecule has 0 radical (unpaired) electrons. The van der Waals surface area contributed by atoms with Gasteiger partial charge in [-0.3, -0.25) is 14.4 Å². The summed E-state index contributed by atoms with van der Waals surface area (Å²) in [5, 5.41) is 4.23. The van der Waals surface area contributed by atoms with Gasteiger partial charge in [-0.05, 0) is 25.5 Å². The Morgan fingerprint density at radius 2 is 2.09 bits per heavy atom. The van der Waals surface area contributed by atoms with Crippen LogP contribution in [-0.2, 0) is 11.3 Å². The van der Waals surface area contributed by atoms with Crippen molar-refractivity contribution < 1.29 is 4.79 Å². The number of carbonyl (C=O) groups excluding carboxylic acids is 1. The van der Waals surface area contributed by atoms with Crippen molar-refractivity contribution in [2.24, 2.45) is 0 Å². The lowest BCUT2D eigenvalue weighted by molar-refractivity contribution is -0.123. The van der Waals surface area contributed by atoms with Crippen LogP contribution in [0.15, 0.2) is 47.6 Å². The standard InChI is InChI=1S/C17H17N3OS2/c1-3-19-11-13(10-18-19)9-15-16(21)20(17(22)23-15)12(2)14-7-5-4-6-8-14/h4-12H,3H2,1-2H3. The Kier molecular flexibility index (Phi) is 4.63. The Hall–Kier alpha value is -1.92. The number of thioether (sulfide) groups is 1. The molecule has 1 saturated heterocycles. The van der Waals surface area contributed by atoms with Gasteiger partial charge in [-0.1, -0.05) is 54.3 Å². The van der Waals surface area contributed by atoms with Gasteiger partial charge in [0.05, 0.1) is 17.1 Å². The van der Waals surface area contributed by atoms with Crippen LogP contribution in [-0.4, -0.2) is 24.9 Å². The maximum Gasteiger partial charge on any atom is 0.266 e. The highest BCUT2D eigenvalue weighted by Gasteiger charge is 2.35. The zero-order chi connectivity index (χ0) is 16.4. The van der Waals surface area contributed by atoms with Gasteiger partial charge in [0.25, 0.3) is 5.91 Å². The van der Waals surface area contributed by atoms with Gasteiger partial charge in [0.15, 0.2) is 0 Å². The van der Waals surface area contributed by atoms with Crippen LogP contribution in [0.3, 0.4) is 0 Å². The fraction of sp³-hybridized carbons (Fsp3) is 0.235. The summed E-state index contributed by atoms with van der Waals surface area (Å²) in [6, 6.07) is 9.85. The van der Waals surface area contributed by atoms with E-state index in [1.165, 1.54) is 11.8 Å². The van der Waals surface area contributed by atoms with Crippen LogP contribution >= 0.6 is 24.0 Å². The van der Waals surface area contributed by atoms with Crippen molar-refractivity contribution in [2.45, 2.75) is 26.4 Å². The highest BCUT2D eigenvalue weighted by molar-refractivity contribution is 8.26. The summed E-state index contributed by atoms with van der Waals surface area (Å²) < 4.78 is 2.43. The first kappa shape index (κ1) is 16.0. The number of nitrogens with zero attached hydrogens (tertiary/aromatic N) is 3. The molecule has 2 aromatic rings. The van der Waals surface area contributed by atoms with Gasteiger partial charge < -0.3 is 0 Å². The number of aromatic nitrogens is 2. The van der Waals surface area contributed by atoms with Crippen LogP contribution in [0.1, 0.15) is 31.0 Å². The summed E-state index contributed by atoms with van der Waals surface area (Å²) in [5.74, 6) is -0.0411. The van der Waals surface area contributed by atoms with E-state index in [9.17, 15) is 4.79 Å². The first-order chi connectivity index (χ1) is 11.1. The number of carbonyl (C=O) groups is 1. The van der Waals surface area contributed by atoms with Crippen LogP contribution in [0.2, 0.25) is 0 Å². The van der Waals surface area contributed by atoms with Gasteiger partial charge >= 0.3 is 0 Å². The molecule has 1 aliphatic rings. The van der Waals surface area contributed by atoms with Gasteiger partial charge in [0.1, 0.15) is 4.32 Å². The topological polar surface area (TPSA) is 38.1 Å². The third-order valence-corrected chi connectivity index (χ3v) is 5.10. The van der Waals surface area contributed by atoms with Crippen molar-refractivity contribution in [1.82, 2.24) is 14.7 Å². The van der Waals surface area contributed by atoms with E-state index in [0.717, 1.165) is 17.7 Å². The van der Waals surface area contributed by atoms with Crippen molar-refractivity contribution in [3.8, 4) is 0 Å². The molecule has 0 saturated carbocycles. The molecule has 1 atom stereocenters. The average Bonchev–Trinajstić information content (AvgIpc) is 3.13. The van der Waals surface area contributed by atoms with E-state index in [1.807, 2.05) is 61.1 Å². The summed E-state index contributed by atoms with van der Waals surface area (Å²) in [7, 11) is 0. The van der Waals surface area contributed by atoms with Gasteiger partial charge in [-0.2, -0.15) is 5.10 Å². The van der Waals surface area contributed by atoms with Gasteiger partial charge in [0.2, 0.25) is 0 Å². The summed E-state index contributed by atoms with van der Waals surface area (Å²) in [4.78, 5) is 15.1. The van der Waals surface area contributed by atoms with Crippen LogP contribution in [0.5, 0.6) is 0 Å². The van der Waals surface area contributed by atoms with Gasteiger partial charge in [0, 0.05) is 18.3 Å². The smallest absolute Gasteiger partial charge is 0.266 e. The molecule has 23 heavy (non-hydrogen) atoms. The fourth-order valence-electron chi connectivity index (χ4n) is 2.47. The Morgan fingerprint density at radius 3 is 2.74 bits per heavy atom. The Morgan fingerprint density at radius 1 is 1.35 bits per heavy atom. The van der Waals surface area contributed by atoms with E-state index in [2.05, 4.69) is 5.10 Å². The van der Waals surface area contributed by atoms with E-state index < -0.39 is 0 Å². The zero-order valence-electron chi connectivity index (χ0n) is 13.0. The minimum Gasteiger partial charge on any atom is -0.286 e. The maximum atomic E-state index is 12.7. The summed E-state index contributed by atoms with van der Waals surface area (Å²) in [6.07, 6.45) is 5.54. The Balaban J connectivity index is 1.85. The monoisotopic (exact) mass is 343 g/mol. The second-order valence-corrected chi connectivity index (χ2v) is 6.94. The molecule has 4 nitrogen and oxygen atoms in total. The van der Waals surface area contributed by atoms with E-state index in [0.29, 0.717) is 9.23 Å². The molecule has 2 heterocycles. The largest absolute Gasteiger partial charge is 0.286 e. The van der Waals surface area contributed by atoms with Crippen LogP contribution in [0.25, 0.3) is 6.08 Å². The van der Waals surface area contributed by atoms with Crippen LogP contribution < -0.4 is 0 Å². The van der Waals surface area contributed by atoms with Crippen molar-refractivity contribution in [2.75, 3.05) is 0 Å². The Bertz CT molecular complexity index is 767. The first-order valence-corrected chi connectivity index (χ1v) is 8.67. The van der Waals surface area contributed by atoms with E-state index in [1.54, 1.807) is 11.1 Å². The van der Waals surface area contributed by atoms with Crippen LogP contribution in [0, 0.1) is 0 Å². The van der Waals surface area contributed by atoms with E-state index in [4.69, 9.17) is 12.2 Å². The number of benzene rings is 1. The molecule has 0 aliphatic carbocycles. The molecule has 0 spiro atoms. The molecule has 1 aromatic heterocycles. The number of hydrogen-bond donors (Lipinski definition) is 0. The molecule has 1 aliphatic heterocycles. The molecule has 0 N–H and O–H groups in total. The maximum absolute atomic E-state index is 12.7. The van der Waals surface area contributed by atoms with E-state index in [-0.39, 0.29) is 11.9 Å². The minimum atomic E-state index is -0.0760. The van der Waals surface area contributed by atoms with Crippen molar-refractivity contribution in [3.05, 3.63) is 58.8 Å². The lowest BCUT2D eigenvalue weighted by atomic mass is 10.1. The Labute approximate surface area is 145 Å². The molecular formula is C17H17N3OS2. The van der Waals surface area contributed by atoms with Gasteiger partial charge in [-0.15, -0.1) is 0 Å². The minimum absolute atomic E-state index is 0.0411. The number of amides is 1. The molecule has 0 bridgehead atoms. The number of thiocarbonyl (C=S) groups is 1. The number of rotatable bonds is 4. The third-order valence-electron chi connectivity index (χ3n) is 3.77.